The van der Waals surface area contributed by atoms with Crippen LogP contribution in [-0.2, 0) is 12.6 Å². The highest BCUT2D eigenvalue weighted by Crippen LogP contribution is 2.27. The van der Waals surface area contributed by atoms with Gasteiger partial charge in [-0.2, -0.15) is 13.2 Å². The number of nitrogens with two attached hydrogens (primary N) is 1. The molecular weight excluding hydrogens is 221 g/mol. The zero-order valence-corrected chi connectivity index (χ0v) is 8.75. The first-order valence-corrected chi connectivity index (χ1v) is 4.66. The van der Waals surface area contributed by atoms with Gasteiger partial charge in [0, 0.05) is 11.7 Å². The van der Waals surface area contributed by atoms with Gasteiger partial charge in [-0.05, 0) is 25.0 Å². The number of aliphatic hydroxyl groups excluding tert-OH is 1. The van der Waals surface area contributed by atoms with Gasteiger partial charge in [0.25, 0.3) is 0 Å². The van der Waals surface area contributed by atoms with Gasteiger partial charge in [0.2, 0.25) is 0 Å². The van der Waals surface area contributed by atoms with Crippen molar-refractivity contribution in [1.29, 1.82) is 0 Å². The molecule has 0 aromatic carbocycles. The molecule has 0 aliphatic rings. The quantitative estimate of drug-likeness (QED) is 0.830. The number of nitrogens with zero attached hydrogens (tertiary/aromatic N) is 1. The number of aromatic nitrogens is 1. The summed E-state index contributed by atoms with van der Waals surface area (Å²) in [7, 11) is 0. The summed E-state index contributed by atoms with van der Waals surface area (Å²) >= 11 is 0. The highest BCUT2D eigenvalue weighted by Gasteiger charge is 2.32. The SMILES string of the molecule is CC(N)(CO)Cc1ccc(C(F)(F)F)nc1. The van der Waals surface area contributed by atoms with Gasteiger partial charge in [-0.1, -0.05) is 6.07 Å². The molecule has 0 radical (unpaired) electrons. The van der Waals surface area contributed by atoms with Crippen molar-refractivity contribution in [3.63, 3.8) is 0 Å². The molecule has 0 fully saturated rings. The maximum Gasteiger partial charge on any atom is 0.433 e. The molecule has 0 amide bonds. The lowest BCUT2D eigenvalue weighted by atomic mass is 9.96. The van der Waals surface area contributed by atoms with Crippen LogP contribution in [0, 0.1) is 0 Å². The molecule has 1 heterocycles. The van der Waals surface area contributed by atoms with E-state index < -0.39 is 17.4 Å². The number of rotatable bonds is 3. The van der Waals surface area contributed by atoms with Crippen molar-refractivity contribution in [2.24, 2.45) is 5.73 Å². The van der Waals surface area contributed by atoms with E-state index in [0.717, 1.165) is 12.3 Å². The Bertz CT molecular complexity index is 346. The van der Waals surface area contributed by atoms with Crippen molar-refractivity contribution in [2.75, 3.05) is 6.61 Å². The summed E-state index contributed by atoms with van der Waals surface area (Å²) in [5, 5.41) is 8.91. The van der Waals surface area contributed by atoms with Crippen LogP contribution in [0.15, 0.2) is 18.3 Å². The largest absolute Gasteiger partial charge is 0.433 e. The highest BCUT2D eigenvalue weighted by molar-refractivity contribution is 5.18. The third-order valence-electron chi connectivity index (χ3n) is 2.08. The first-order chi connectivity index (χ1) is 7.24. The Hall–Kier alpha value is -1.14. The number of hydrogen-bond donors (Lipinski definition) is 2. The average molecular weight is 234 g/mol. The minimum atomic E-state index is -4.43. The zero-order valence-electron chi connectivity index (χ0n) is 8.75. The van der Waals surface area contributed by atoms with E-state index in [1.54, 1.807) is 6.92 Å². The van der Waals surface area contributed by atoms with E-state index in [9.17, 15) is 13.2 Å². The van der Waals surface area contributed by atoms with Crippen molar-refractivity contribution >= 4 is 0 Å². The molecule has 0 saturated carbocycles. The standard InChI is InChI=1S/C10H13F3N2O/c1-9(14,6-16)4-7-2-3-8(15-5-7)10(11,12)13/h2-3,5,16H,4,6,14H2,1H3. The lowest BCUT2D eigenvalue weighted by Crippen LogP contribution is -2.42. The monoisotopic (exact) mass is 234 g/mol. The lowest BCUT2D eigenvalue weighted by molar-refractivity contribution is -0.141. The van der Waals surface area contributed by atoms with Gasteiger partial charge in [0.1, 0.15) is 5.69 Å². The smallest absolute Gasteiger partial charge is 0.394 e. The summed E-state index contributed by atoms with van der Waals surface area (Å²) in [6.07, 6.45) is -3.03. The third kappa shape index (κ3) is 3.46. The van der Waals surface area contributed by atoms with Gasteiger partial charge >= 0.3 is 6.18 Å². The molecule has 0 aliphatic carbocycles. The fourth-order valence-electron chi connectivity index (χ4n) is 1.22. The van der Waals surface area contributed by atoms with E-state index >= 15 is 0 Å². The zero-order chi connectivity index (χ0) is 12.4. The molecule has 16 heavy (non-hydrogen) atoms. The number of aliphatic hydroxyl groups is 1. The van der Waals surface area contributed by atoms with E-state index in [1.807, 2.05) is 0 Å². The summed E-state index contributed by atoms with van der Waals surface area (Å²) in [5.41, 5.74) is 4.46. The Morgan fingerprint density at radius 2 is 2.00 bits per heavy atom. The Labute approximate surface area is 91.1 Å². The van der Waals surface area contributed by atoms with Crippen LogP contribution in [0.2, 0.25) is 0 Å². The van der Waals surface area contributed by atoms with Crippen LogP contribution in [0.25, 0.3) is 0 Å². The van der Waals surface area contributed by atoms with Gasteiger partial charge in [0.05, 0.1) is 6.61 Å². The van der Waals surface area contributed by atoms with Crippen LogP contribution in [0.5, 0.6) is 0 Å². The van der Waals surface area contributed by atoms with Crippen LogP contribution in [0.3, 0.4) is 0 Å². The number of pyridine rings is 1. The summed E-state index contributed by atoms with van der Waals surface area (Å²) < 4.78 is 36.6. The van der Waals surface area contributed by atoms with Gasteiger partial charge < -0.3 is 10.8 Å². The molecule has 0 spiro atoms. The van der Waals surface area contributed by atoms with E-state index in [-0.39, 0.29) is 13.0 Å². The molecule has 1 aromatic heterocycles. The second-order valence-electron chi connectivity index (χ2n) is 4.04. The molecule has 6 heteroatoms. The van der Waals surface area contributed by atoms with Gasteiger partial charge in [-0.25, -0.2) is 0 Å². The summed E-state index contributed by atoms with van der Waals surface area (Å²) in [6, 6.07) is 2.22. The number of hydrogen-bond acceptors (Lipinski definition) is 3. The van der Waals surface area contributed by atoms with Crippen LogP contribution >= 0.6 is 0 Å². The Kier molecular flexibility index (Phi) is 3.54. The van der Waals surface area contributed by atoms with Gasteiger partial charge in [-0.15, -0.1) is 0 Å². The van der Waals surface area contributed by atoms with Crippen LogP contribution < -0.4 is 5.73 Å². The molecule has 1 aromatic rings. The minimum Gasteiger partial charge on any atom is -0.394 e. The summed E-state index contributed by atoms with van der Waals surface area (Å²) in [5.74, 6) is 0. The van der Waals surface area contributed by atoms with Crippen molar-refractivity contribution in [3.8, 4) is 0 Å². The van der Waals surface area contributed by atoms with E-state index in [2.05, 4.69) is 4.98 Å². The van der Waals surface area contributed by atoms with Gasteiger partial charge in [0.15, 0.2) is 0 Å². The first-order valence-electron chi connectivity index (χ1n) is 4.66. The summed E-state index contributed by atoms with van der Waals surface area (Å²) in [6.45, 7) is 1.37. The molecule has 3 nitrogen and oxygen atoms in total. The van der Waals surface area contributed by atoms with Crippen LogP contribution in [-0.4, -0.2) is 22.2 Å². The van der Waals surface area contributed by atoms with Crippen LogP contribution in [0.4, 0.5) is 13.2 Å². The second kappa shape index (κ2) is 4.39. The third-order valence-corrected chi connectivity index (χ3v) is 2.08. The molecule has 0 aliphatic heterocycles. The molecule has 1 rings (SSSR count). The van der Waals surface area contributed by atoms with E-state index in [4.69, 9.17) is 10.8 Å². The van der Waals surface area contributed by atoms with E-state index in [0.29, 0.717) is 5.56 Å². The average Bonchev–Trinajstić information content (AvgIpc) is 2.16. The van der Waals surface area contributed by atoms with Crippen molar-refractivity contribution in [3.05, 3.63) is 29.6 Å². The van der Waals surface area contributed by atoms with Crippen LogP contribution in [0.1, 0.15) is 18.2 Å². The van der Waals surface area contributed by atoms with E-state index in [1.165, 1.54) is 6.07 Å². The Morgan fingerprint density at radius 1 is 1.38 bits per heavy atom. The maximum atomic E-state index is 12.2. The molecular formula is C10H13F3N2O. The number of alkyl halides is 3. The normalized spacial score (nSPS) is 15.9. The highest BCUT2D eigenvalue weighted by atomic mass is 19.4. The minimum absolute atomic E-state index is 0.242. The Balaban J connectivity index is 2.80. The molecule has 1 atom stereocenters. The topological polar surface area (TPSA) is 59.1 Å². The molecule has 0 saturated heterocycles. The van der Waals surface area contributed by atoms with Crippen molar-refractivity contribution < 1.29 is 18.3 Å². The fraction of sp³-hybridized carbons (Fsp3) is 0.500. The maximum absolute atomic E-state index is 12.2. The predicted octanol–water partition coefficient (Wildman–Crippen LogP) is 1.35. The van der Waals surface area contributed by atoms with Crippen molar-refractivity contribution in [1.82, 2.24) is 4.98 Å². The van der Waals surface area contributed by atoms with Crippen molar-refractivity contribution in [2.45, 2.75) is 25.1 Å². The Morgan fingerprint density at radius 3 is 2.38 bits per heavy atom. The molecule has 0 bridgehead atoms. The van der Waals surface area contributed by atoms with Gasteiger partial charge in [-0.3, -0.25) is 4.98 Å². The molecule has 3 N–H and O–H groups in total. The molecule has 90 valence electrons. The lowest BCUT2D eigenvalue weighted by Gasteiger charge is -2.21. The second-order valence-corrected chi connectivity index (χ2v) is 4.04. The predicted molar refractivity (Wildman–Crippen MR) is 52.6 cm³/mol. The summed E-state index contributed by atoms with van der Waals surface area (Å²) in [4.78, 5) is 3.31. The first kappa shape index (κ1) is 12.9. The number of halogens is 3. The fourth-order valence-corrected chi connectivity index (χ4v) is 1.22. The molecule has 1 unspecified atom stereocenters.